The highest BCUT2D eigenvalue weighted by molar-refractivity contribution is 7.99. The number of benzene rings is 2. The fourth-order valence-electron chi connectivity index (χ4n) is 2.35. The van der Waals surface area contributed by atoms with Crippen molar-refractivity contribution in [2.75, 3.05) is 12.3 Å². The number of hydrogen-bond acceptors (Lipinski definition) is 3. The summed E-state index contributed by atoms with van der Waals surface area (Å²) in [5.74, 6) is 0.691. The molecule has 1 heterocycles. The summed E-state index contributed by atoms with van der Waals surface area (Å²) in [5.41, 5.74) is 3.15. The molecular weight excluding hydrogens is 306 g/mol. The minimum Gasteiger partial charge on any atom is -0.355 e. The van der Waals surface area contributed by atoms with Crippen LogP contribution in [0.1, 0.15) is 18.4 Å². The summed E-state index contributed by atoms with van der Waals surface area (Å²) in [7, 11) is 0. The number of thioether (sulfide) groups is 1. The van der Waals surface area contributed by atoms with E-state index in [1.54, 1.807) is 0 Å². The van der Waals surface area contributed by atoms with Crippen LogP contribution in [0.15, 0.2) is 59.8 Å². The Hall–Kier alpha value is -2.27. The first-order valence-corrected chi connectivity index (χ1v) is 8.60. The summed E-state index contributed by atoms with van der Waals surface area (Å²) in [4.78, 5) is 19.7. The highest BCUT2D eigenvalue weighted by atomic mass is 32.2. The molecule has 1 atom stereocenters. The lowest BCUT2D eigenvalue weighted by atomic mass is 10.0. The number of amides is 1. The van der Waals surface area contributed by atoms with Gasteiger partial charge in [-0.15, -0.1) is 0 Å². The Balaban J connectivity index is 1.48. The van der Waals surface area contributed by atoms with Crippen LogP contribution in [0.25, 0.3) is 11.0 Å². The molecule has 0 fully saturated rings. The third-order valence-electron chi connectivity index (χ3n) is 3.68. The predicted molar refractivity (Wildman–Crippen MR) is 94.7 cm³/mol. The van der Waals surface area contributed by atoms with E-state index < -0.39 is 0 Å². The molecule has 0 radical (unpaired) electrons. The molecule has 3 aromatic rings. The Morgan fingerprint density at radius 2 is 1.91 bits per heavy atom. The molecule has 0 aliphatic heterocycles. The molecule has 3 rings (SSSR count). The van der Waals surface area contributed by atoms with Crippen LogP contribution < -0.4 is 5.32 Å². The van der Waals surface area contributed by atoms with E-state index in [0.717, 1.165) is 16.2 Å². The standard InChI is InChI=1S/C18H19N3OS/c1-13(14-7-3-2-4-8-14)11-19-17(22)12-23-18-20-15-9-5-6-10-16(15)21-18/h2-10,13H,11-12H2,1H3,(H,19,22)(H,20,21)/t13-/m1/s1. The van der Waals surface area contributed by atoms with Gasteiger partial charge in [0.1, 0.15) is 0 Å². The van der Waals surface area contributed by atoms with E-state index in [1.165, 1.54) is 17.3 Å². The van der Waals surface area contributed by atoms with E-state index >= 15 is 0 Å². The quantitative estimate of drug-likeness (QED) is 0.681. The Morgan fingerprint density at radius 1 is 1.17 bits per heavy atom. The van der Waals surface area contributed by atoms with Crippen LogP contribution >= 0.6 is 11.8 Å². The number of imidazole rings is 1. The fraction of sp³-hybridized carbons (Fsp3) is 0.222. The van der Waals surface area contributed by atoms with Crippen molar-refractivity contribution in [3.8, 4) is 0 Å². The van der Waals surface area contributed by atoms with E-state index in [9.17, 15) is 4.79 Å². The second-order valence-corrected chi connectivity index (χ2v) is 6.43. The van der Waals surface area contributed by atoms with Crippen molar-refractivity contribution >= 4 is 28.7 Å². The molecule has 2 aromatic carbocycles. The number of fused-ring (bicyclic) bond motifs is 1. The zero-order valence-corrected chi connectivity index (χ0v) is 13.8. The molecule has 1 amide bonds. The summed E-state index contributed by atoms with van der Waals surface area (Å²) in [6.45, 7) is 2.76. The summed E-state index contributed by atoms with van der Waals surface area (Å²) < 4.78 is 0. The molecule has 0 unspecified atom stereocenters. The minimum absolute atomic E-state index is 0.0261. The highest BCUT2D eigenvalue weighted by Gasteiger charge is 2.09. The molecule has 0 bridgehead atoms. The zero-order chi connectivity index (χ0) is 16.1. The molecular formula is C18H19N3OS. The molecule has 0 aliphatic rings. The van der Waals surface area contributed by atoms with Gasteiger partial charge >= 0.3 is 0 Å². The second kappa shape index (κ2) is 7.33. The first-order chi connectivity index (χ1) is 11.2. The first kappa shape index (κ1) is 15.6. The van der Waals surface area contributed by atoms with Gasteiger partial charge < -0.3 is 10.3 Å². The Morgan fingerprint density at radius 3 is 2.70 bits per heavy atom. The number of hydrogen-bond donors (Lipinski definition) is 2. The van der Waals surface area contributed by atoms with Gasteiger partial charge in [0.05, 0.1) is 16.8 Å². The predicted octanol–water partition coefficient (Wildman–Crippen LogP) is 3.57. The highest BCUT2D eigenvalue weighted by Crippen LogP contribution is 2.19. The minimum atomic E-state index is 0.0261. The van der Waals surface area contributed by atoms with Crippen molar-refractivity contribution in [1.82, 2.24) is 15.3 Å². The number of nitrogens with one attached hydrogen (secondary N) is 2. The molecule has 2 N–H and O–H groups in total. The maximum absolute atomic E-state index is 12.0. The third-order valence-corrected chi connectivity index (χ3v) is 4.55. The summed E-state index contributed by atoms with van der Waals surface area (Å²) in [6.07, 6.45) is 0. The molecule has 0 aliphatic carbocycles. The van der Waals surface area contributed by atoms with Crippen molar-refractivity contribution in [3.63, 3.8) is 0 Å². The number of nitrogens with zero attached hydrogens (tertiary/aromatic N) is 1. The lowest BCUT2D eigenvalue weighted by molar-refractivity contribution is -0.118. The number of rotatable bonds is 6. The van der Waals surface area contributed by atoms with Gasteiger partial charge in [-0.25, -0.2) is 4.98 Å². The van der Waals surface area contributed by atoms with Gasteiger partial charge in [0.25, 0.3) is 0 Å². The monoisotopic (exact) mass is 325 g/mol. The first-order valence-electron chi connectivity index (χ1n) is 7.61. The summed E-state index contributed by atoms with van der Waals surface area (Å²) in [5, 5.41) is 3.76. The van der Waals surface area contributed by atoms with Crippen LogP contribution in [0, 0.1) is 0 Å². The maximum Gasteiger partial charge on any atom is 0.230 e. The normalized spacial score (nSPS) is 12.2. The van der Waals surface area contributed by atoms with Crippen LogP contribution in [0.5, 0.6) is 0 Å². The number of H-pyrrole nitrogens is 1. The van der Waals surface area contributed by atoms with Gasteiger partial charge in [0.2, 0.25) is 5.91 Å². The number of carbonyl (C=O) groups excluding carboxylic acids is 1. The van der Waals surface area contributed by atoms with Crippen molar-refractivity contribution in [2.45, 2.75) is 18.0 Å². The van der Waals surface area contributed by atoms with Crippen LogP contribution in [0.2, 0.25) is 0 Å². The second-order valence-electron chi connectivity index (χ2n) is 5.46. The summed E-state index contributed by atoms with van der Waals surface area (Å²) >= 11 is 1.42. The lowest BCUT2D eigenvalue weighted by Crippen LogP contribution is -2.29. The van der Waals surface area contributed by atoms with Crippen LogP contribution in [-0.2, 0) is 4.79 Å². The van der Waals surface area contributed by atoms with E-state index in [0.29, 0.717) is 18.2 Å². The zero-order valence-electron chi connectivity index (χ0n) is 13.0. The van der Waals surface area contributed by atoms with Crippen LogP contribution in [0.3, 0.4) is 0 Å². The Labute approximate surface area is 139 Å². The molecule has 1 aromatic heterocycles. The average Bonchev–Trinajstić information content (AvgIpc) is 3.01. The maximum atomic E-state index is 12.0. The molecule has 4 nitrogen and oxygen atoms in total. The Bertz CT molecular complexity index is 752. The molecule has 0 spiro atoms. The topological polar surface area (TPSA) is 57.8 Å². The van der Waals surface area contributed by atoms with Crippen molar-refractivity contribution in [1.29, 1.82) is 0 Å². The third kappa shape index (κ3) is 4.13. The van der Waals surface area contributed by atoms with Crippen LogP contribution in [-0.4, -0.2) is 28.2 Å². The van der Waals surface area contributed by atoms with Gasteiger partial charge in [-0.05, 0) is 23.6 Å². The molecule has 23 heavy (non-hydrogen) atoms. The van der Waals surface area contributed by atoms with Gasteiger partial charge in [-0.3, -0.25) is 4.79 Å². The van der Waals surface area contributed by atoms with Crippen LogP contribution in [0.4, 0.5) is 0 Å². The van der Waals surface area contributed by atoms with E-state index in [-0.39, 0.29) is 5.91 Å². The molecule has 118 valence electrons. The number of aromatic amines is 1. The number of aromatic nitrogens is 2. The Kier molecular flexibility index (Phi) is 4.98. The van der Waals surface area contributed by atoms with Gasteiger partial charge in [0, 0.05) is 6.54 Å². The van der Waals surface area contributed by atoms with Crippen molar-refractivity contribution in [2.24, 2.45) is 0 Å². The number of carbonyl (C=O) groups is 1. The van der Waals surface area contributed by atoms with Gasteiger partial charge in [-0.2, -0.15) is 0 Å². The van der Waals surface area contributed by atoms with E-state index in [2.05, 4.69) is 34.3 Å². The SMILES string of the molecule is C[C@H](CNC(=O)CSc1nc2ccccc2[nH]1)c1ccccc1. The van der Waals surface area contributed by atoms with E-state index in [1.807, 2.05) is 42.5 Å². The lowest BCUT2D eigenvalue weighted by Gasteiger charge is -2.12. The van der Waals surface area contributed by atoms with Gasteiger partial charge in [-0.1, -0.05) is 61.2 Å². The van der Waals surface area contributed by atoms with Crippen molar-refractivity contribution in [3.05, 3.63) is 60.2 Å². The largest absolute Gasteiger partial charge is 0.355 e. The van der Waals surface area contributed by atoms with E-state index in [4.69, 9.17) is 0 Å². The molecule has 0 saturated heterocycles. The fourth-order valence-corrected chi connectivity index (χ4v) is 3.06. The molecule has 5 heteroatoms. The van der Waals surface area contributed by atoms with Gasteiger partial charge in [0.15, 0.2) is 5.16 Å². The van der Waals surface area contributed by atoms with Crippen molar-refractivity contribution < 1.29 is 4.79 Å². The molecule has 0 saturated carbocycles. The number of para-hydroxylation sites is 2. The average molecular weight is 325 g/mol. The summed E-state index contributed by atoms with van der Waals surface area (Å²) in [6, 6.07) is 18.1. The smallest absolute Gasteiger partial charge is 0.230 e.